The van der Waals surface area contributed by atoms with Crippen LogP contribution in [0.4, 0.5) is 5.95 Å². The van der Waals surface area contributed by atoms with Crippen LogP contribution in [0.25, 0.3) is 5.82 Å². The fraction of sp³-hybridized carbons (Fsp3) is 0.480. The van der Waals surface area contributed by atoms with Gasteiger partial charge in [0.1, 0.15) is 6.54 Å². The molecule has 0 radical (unpaired) electrons. The highest BCUT2D eigenvalue weighted by Gasteiger charge is 2.25. The van der Waals surface area contributed by atoms with Crippen molar-refractivity contribution in [2.45, 2.75) is 52.5 Å². The molecule has 1 saturated heterocycles. The Morgan fingerprint density at radius 3 is 2.58 bits per heavy atom. The number of aromatic nitrogens is 4. The van der Waals surface area contributed by atoms with Gasteiger partial charge in [0.05, 0.1) is 31.0 Å². The summed E-state index contributed by atoms with van der Waals surface area (Å²) in [6, 6.07) is 13.0. The lowest BCUT2D eigenvalue weighted by Gasteiger charge is -2.25. The smallest absolute Gasteiger partial charge is 0.227 e. The predicted octanol–water partition coefficient (Wildman–Crippen LogP) is 2.45. The number of fused-ring (bicyclic) bond motifs is 1. The minimum atomic E-state index is 0.893. The van der Waals surface area contributed by atoms with E-state index in [9.17, 15) is 0 Å². The molecule has 5 rings (SSSR count). The summed E-state index contributed by atoms with van der Waals surface area (Å²) >= 11 is 0. The summed E-state index contributed by atoms with van der Waals surface area (Å²) in [5.74, 6) is 1.90. The molecule has 6 heteroatoms. The molecule has 3 heterocycles. The topological polar surface area (TPSA) is 51.3 Å². The van der Waals surface area contributed by atoms with Gasteiger partial charge < -0.3 is 9.80 Å². The fourth-order valence-corrected chi connectivity index (χ4v) is 5.03. The van der Waals surface area contributed by atoms with Crippen LogP contribution < -0.4 is 9.80 Å². The van der Waals surface area contributed by atoms with E-state index < -0.39 is 0 Å². The fourth-order valence-electron chi connectivity index (χ4n) is 5.03. The van der Waals surface area contributed by atoms with E-state index in [1.165, 1.54) is 36.2 Å². The van der Waals surface area contributed by atoms with E-state index in [1.54, 1.807) is 4.90 Å². The van der Waals surface area contributed by atoms with Gasteiger partial charge in [0, 0.05) is 29.8 Å². The first kappa shape index (κ1) is 20.2. The third kappa shape index (κ3) is 4.35. The Morgan fingerprint density at radius 1 is 0.935 bits per heavy atom. The largest absolute Gasteiger partial charge is 0.335 e. The number of aryl methyl sites for hydroxylation is 3. The summed E-state index contributed by atoms with van der Waals surface area (Å²) in [6.45, 7) is 9.60. The maximum atomic E-state index is 5.11. The Balaban J connectivity index is 1.41. The van der Waals surface area contributed by atoms with Crippen molar-refractivity contribution < 1.29 is 4.90 Å². The number of quaternary nitrogens is 1. The first-order chi connectivity index (χ1) is 15.2. The Hall–Kier alpha value is -2.73. The summed E-state index contributed by atoms with van der Waals surface area (Å²) in [6.07, 6.45) is 5.70. The molecule has 2 aliphatic rings. The Bertz CT molecular complexity index is 1040. The molecule has 162 valence electrons. The van der Waals surface area contributed by atoms with Crippen molar-refractivity contribution in [2.24, 2.45) is 0 Å². The van der Waals surface area contributed by atoms with Gasteiger partial charge in [0.2, 0.25) is 5.95 Å². The maximum absolute atomic E-state index is 5.11. The van der Waals surface area contributed by atoms with Gasteiger partial charge in [-0.2, -0.15) is 10.1 Å². The number of anilines is 1. The molecule has 1 aromatic carbocycles. The predicted molar refractivity (Wildman–Crippen MR) is 123 cm³/mol. The molecule has 1 N–H and O–H groups in total. The second-order valence-corrected chi connectivity index (χ2v) is 9.07. The third-order valence-electron chi connectivity index (χ3n) is 6.63. The van der Waals surface area contributed by atoms with Crippen molar-refractivity contribution >= 4 is 5.95 Å². The number of nitrogens with zero attached hydrogens (tertiary/aromatic N) is 5. The van der Waals surface area contributed by atoms with E-state index in [0.717, 1.165) is 68.6 Å². The molecule has 2 aromatic heterocycles. The molecule has 1 aliphatic heterocycles. The van der Waals surface area contributed by atoms with E-state index >= 15 is 0 Å². The minimum absolute atomic E-state index is 0.893. The highest BCUT2D eigenvalue weighted by atomic mass is 15.4. The molecule has 0 amide bonds. The van der Waals surface area contributed by atoms with E-state index in [0.29, 0.717) is 0 Å². The average molecular weight is 418 g/mol. The van der Waals surface area contributed by atoms with Crippen LogP contribution in [0.15, 0.2) is 36.4 Å². The van der Waals surface area contributed by atoms with Crippen LogP contribution in [-0.4, -0.2) is 45.9 Å². The first-order valence-electron chi connectivity index (χ1n) is 11.7. The standard InChI is InChI=1S/C25H32N6/c1-19-17-20(2)31(28-19)24-22-11-6-7-12-23(22)26-25(27-24)30-14-8-13-29(15-16-30)18-21-9-4-3-5-10-21/h3-5,9-10,17H,6-8,11-16,18H2,1-2H3/p+1. The van der Waals surface area contributed by atoms with Gasteiger partial charge in [-0.1, -0.05) is 30.3 Å². The molecular weight excluding hydrogens is 384 g/mol. The Morgan fingerprint density at radius 2 is 1.77 bits per heavy atom. The highest BCUT2D eigenvalue weighted by Crippen LogP contribution is 2.27. The van der Waals surface area contributed by atoms with Crippen molar-refractivity contribution in [3.8, 4) is 5.82 Å². The van der Waals surface area contributed by atoms with Gasteiger partial charge in [0.15, 0.2) is 5.82 Å². The molecule has 1 atom stereocenters. The molecule has 6 nitrogen and oxygen atoms in total. The quantitative estimate of drug-likeness (QED) is 0.709. The molecule has 0 spiro atoms. The second-order valence-electron chi connectivity index (χ2n) is 9.07. The van der Waals surface area contributed by atoms with Gasteiger partial charge in [-0.25, -0.2) is 9.67 Å². The van der Waals surface area contributed by atoms with E-state index in [2.05, 4.69) is 55.1 Å². The number of nitrogens with one attached hydrogen (secondary N) is 1. The van der Waals surface area contributed by atoms with Crippen molar-refractivity contribution in [3.63, 3.8) is 0 Å². The van der Waals surface area contributed by atoms with Crippen LogP contribution in [0.3, 0.4) is 0 Å². The van der Waals surface area contributed by atoms with Crippen molar-refractivity contribution in [2.75, 3.05) is 31.1 Å². The third-order valence-corrected chi connectivity index (χ3v) is 6.63. The SMILES string of the molecule is Cc1cc(C)n(-c2nc(N3CCC[NH+](Cc4ccccc4)CC3)nc3c2CCCC3)n1. The van der Waals surface area contributed by atoms with Crippen LogP contribution in [0, 0.1) is 13.8 Å². The molecule has 0 saturated carbocycles. The van der Waals surface area contributed by atoms with E-state index in [1.807, 2.05) is 4.68 Å². The molecule has 1 unspecified atom stereocenters. The van der Waals surface area contributed by atoms with Crippen molar-refractivity contribution in [1.29, 1.82) is 0 Å². The normalized spacial score (nSPS) is 19.2. The maximum Gasteiger partial charge on any atom is 0.227 e. The lowest BCUT2D eigenvalue weighted by molar-refractivity contribution is -0.911. The van der Waals surface area contributed by atoms with E-state index in [4.69, 9.17) is 15.1 Å². The highest BCUT2D eigenvalue weighted by molar-refractivity contribution is 5.46. The molecule has 1 aliphatic carbocycles. The molecule has 0 bridgehead atoms. The summed E-state index contributed by atoms with van der Waals surface area (Å²) in [5.41, 5.74) is 6.13. The average Bonchev–Trinajstić information content (AvgIpc) is 2.97. The number of benzene rings is 1. The zero-order valence-electron chi connectivity index (χ0n) is 18.8. The van der Waals surface area contributed by atoms with E-state index in [-0.39, 0.29) is 0 Å². The molecular formula is C25H33N6+. The monoisotopic (exact) mass is 417 g/mol. The zero-order valence-corrected chi connectivity index (χ0v) is 18.8. The van der Waals surface area contributed by atoms with Crippen molar-refractivity contribution in [1.82, 2.24) is 19.7 Å². The van der Waals surface area contributed by atoms with Gasteiger partial charge in [0.25, 0.3) is 0 Å². The van der Waals surface area contributed by atoms with Gasteiger partial charge in [-0.15, -0.1) is 0 Å². The van der Waals surface area contributed by atoms with Crippen LogP contribution in [0.2, 0.25) is 0 Å². The minimum Gasteiger partial charge on any atom is -0.335 e. The van der Waals surface area contributed by atoms with Gasteiger partial charge >= 0.3 is 0 Å². The van der Waals surface area contributed by atoms with Crippen LogP contribution in [-0.2, 0) is 19.4 Å². The summed E-state index contributed by atoms with van der Waals surface area (Å²) in [5, 5.41) is 4.76. The molecule has 31 heavy (non-hydrogen) atoms. The summed E-state index contributed by atoms with van der Waals surface area (Å²) in [4.78, 5) is 14.2. The summed E-state index contributed by atoms with van der Waals surface area (Å²) in [7, 11) is 0. The summed E-state index contributed by atoms with van der Waals surface area (Å²) < 4.78 is 2.04. The van der Waals surface area contributed by atoms with Gasteiger partial charge in [-0.05, 0) is 45.6 Å². The zero-order chi connectivity index (χ0) is 21.2. The number of rotatable bonds is 4. The number of hydrogen-bond acceptors (Lipinski definition) is 4. The lowest BCUT2D eigenvalue weighted by atomic mass is 9.96. The van der Waals surface area contributed by atoms with Crippen LogP contribution in [0.1, 0.15) is 47.5 Å². The Labute approximate surface area is 184 Å². The molecule has 1 fully saturated rings. The lowest BCUT2D eigenvalue weighted by Crippen LogP contribution is -3.11. The van der Waals surface area contributed by atoms with Gasteiger partial charge in [-0.3, -0.25) is 0 Å². The molecule has 3 aromatic rings. The second kappa shape index (κ2) is 8.79. The first-order valence-corrected chi connectivity index (χ1v) is 11.7. The number of hydrogen-bond donors (Lipinski definition) is 1. The Kier molecular flexibility index (Phi) is 5.72. The van der Waals surface area contributed by atoms with Crippen LogP contribution in [0.5, 0.6) is 0 Å². The van der Waals surface area contributed by atoms with Crippen molar-refractivity contribution in [3.05, 3.63) is 64.6 Å². The van der Waals surface area contributed by atoms with Crippen LogP contribution >= 0.6 is 0 Å².